The summed E-state index contributed by atoms with van der Waals surface area (Å²) in [7, 11) is 0. The lowest BCUT2D eigenvalue weighted by atomic mass is 9.94. The molecular formula is C16H23NO2. The van der Waals surface area contributed by atoms with Gasteiger partial charge in [-0.2, -0.15) is 0 Å². The zero-order chi connectivity index (χ0) is 14.2. The summed E-state index contributed by atoms with van der Waals surface area (Å²) in [5.41, 5.74) is 6.07. The lowest BCUT2D eigenvalue weighted by Gasteiger charge is -2.17. The van der Waals surface area contributed by atoms with E-state index in [1.54, 1.807) is 0 Å². The van der Waals surface area contributed by atoms with E-state index in [-0.39, 0.29) is 0 Å². The fraction of sp³-hybridized carbons (Fsp3) is 0.562. The van der Waals surface area contributed by atoms with Gasteiger partial charge in [-0.25, -0.2) is 0 Å². The van der Waals surface area contributed by atoms with E-state index in [9.17, 15) is 4.79 Å². The standard InChI is InChI=1S/C16H23NO2/c1-10-7-11(2)13(4)14(12(10)3)8-17-9-16(5-6-16)15(18)19/h7,17H,5-6,8-9H2,1-4H3,(H,18,19). The molecule has 0 atom stereocenters. The minimum atomic E-state index is -0.658. The SMILES string of the molecule is Cc1cc(C)c(C)c(CNCC2(C(=O)O)CC2)c1C. The lowest BCUT2D eigenvalue weighted by molar-refractivity contribution is -0.143. The third-order valence-corrected chi connectivity index (χ3v) is 4.59. The first-order valence-electron chi connectivity index (χ1n) is 6.88. The summed E-state index contributed by atoms with van der Waals surface area (Å²) < 4.78 is 0. The number of carbonyl (C=O) groups is 1. The van der Waals surface area contributed by atoms with E-state index in [0.717, 1.165) is 19.4 Å². The van der Waals surface area contributed by atoms with Gasteiger partial charge in [0.15, 0.2) is 0 Å². The van der Waals surface area contributed by atoms with Crippen molar-refractivity contribution in [3.8, 4) is 0 Å². The second kappa shape index (κ2) is 4.97. The Bertz CT molecular complexity index is 490. The number of hydrogen-bond acceptors (Lipinski definition) is 2. The Morgan fingerprint density at radius 1 is 1.21 bits per heavy atom. The summed E-state index contributed by atoms with van der Waals surface area (Å²) in [4.78, 5) is 11.1. The molecule has 0 saturated heterocycles. The lowest BCUT2D eigenvalue weighted by Crippen LogP contribution is -2.30. The minimum absolute atomic E-state index is 0.485. The molecule has 1 fully saturated rings. The largest absolute Gasteiger partial charge is 0.481 e. The Morgan fingerprint density at radius 2 is 1.74 bits per heavy atom. The number of nitrogens with one attached hydrogen (secondary N) is 1. The van der Waals surface area contributed by atoms with Crippen molar-refractivity contribution in [2.45, 2.75) is 47.1 Å². The Balaban J connectivity index is 2.06. The number of aliphatic carboxylic acids is 1. The monoisotopic (exact) mass is 261 g/mol. The van der Waals surface area contributed by atoms with Crippen molar-refractivity contribution in [1.82, 2.24) is 5.32 Å². The second-order valence-corrected chi connectivity index (χ2v) is 5.93. The van der Waals surface area contributed by atoms with Crippen LogP contribution in [-0.4, -0.2) is 17.6 Å². The normalized spacial score (nSPS) is 16.4. The van der Waals surface area contributed by atoms with Gasteiger partial charge in [-0.05, 0) is 68.4 Å². The van der Waals surface area contributed by atoms with Gasteiger partial charge >= 0.3 is 5.97 Å². The van der Waals surface area contributed by atoms with Crippen LogP contribution < -0.4 is 5.32 Å². The molecule has 1 aliphatic rings. The molecule has 1 aliphatic carbocycles. The van der Waals surface area contributed by atoms with Gasteiger partial charge in [0.2, 0.25) is 0 Å². The summed E-state index contributed by atoms with van der Waals surface area (Å²) in [6.45, 7) is 9.88. The molecule has 0 aliphatic heterocycles. The summed E-state index contributed by atoms with van der Waals surface area (Å²) >= 11 is 0. The number of benzene rings is 1. The Hall–Kier alpha value is -1.35. The van der Waals surface area contributed by atoms with Crippen molar-refractivity contribution in [3.63, 3.8) is 0 Å². The number of carboxylic acid groups (broad SMARTS) is 1. The third kappa shape index (κ3) is 2.66. The highest BCUT2D eigenvalue weighted by Gasteiger charge is 2.49. The fourth-order valence-electron chi connectivity index (χ4n) is 2.61. The summed E-state index contributed by atoms with van der Waals surface area (Å²) in [6, 6.07) is 2.22. The van der Waals surface area contributed by atoms with Crippen LogP contribution in [0.15, 0.2) is 6.07 Å². The summed E-state index contributed by atoms with van der Waals surface area (Å²) in [6.07, 6.45) is 1.61. The first-order valence-corrected chi connectivity index (χ1v) is 6.88. The molecule has 0 heterocycles. The van der Waals surface area contributed by atoms with Crippen LogP contribution in [-0.2, 0) is 11.3 Å². The van der Waals surface area contributed by atoms with Crippen molar-refractivity contribution in [1.29, 1.82) is 0 Å². The van der Waals surface area contributed by atoms with E-state index in [1.165, 1.54) is 27.8 Å². The molecule has 0 spiro atoms. The molecule has 0 unspecified atom stereocenters. The van der Waals surface area contributed by atoms with E-state index in [1.807, 2.05) is 0 Å². The van der Waals surface area contributed by atoms with E-state index < -0.39 is 11.4 Å². The highest BCUT2D eigenvalue weighted by Crippen LogP contribution is 2.45. The molecule has 19 heavy (non-hydrogen) atoms. The van der Waals surface area contributed by atoms with E-state index >= 15 is 0 Å². The quantitative estimate of drug-likeness (QED) is 0.857. The molecule has 104 valence electrons. The molecule has 2 N–H and O–H groups in total. The molecule has 0 amide bonds. The third-order valence-electron chi connectivity index (χ3n) is 4.59. The highest BCUT2D eigenvalue weighted by atomic mass is 16.4. The summed E-state index contributed by atoms with van der Waals surface area (Å²) in [5.74, 6) is -0.658. The van der Waals surface area contributed by atoms with Gasteiger partial charge in [0.1, 0.15) is 0 Å². The predicted molar refractivity (Wildman–Crippen MR) is 76.4 cm³/mol. The van der Waals surface area contributed by atoms with Gasteiger partial charge in [-0.1, -0.05) is 6.07 Å². The van der Waals surface area contributed by atoms with Gasteiger partial charge in [0.25, 0.3) is 0 Å². The van der Waals surface area contributed by atoms with Gasteiger partial charge in [-0.15, -0.1) is 0 Å². The maximum Gasteiger partial charge on any atom is 0.310 e. The minimum Gasteiger partial charge on any atom is -0.481 e. The highest BCUT2D eigenvalue weighted by molar-refractivity contribution is 5.78. The maximum atomic E-state index is 11.1. The van der Waals surface area contributed by atoms with Crippen LogP contribution in [0, 0.1) is 33.1 Å². The van der Waals surface area contributed by atoms with Crippen molar-refractivity contribution in [3.05, 3.63) is 33.9 Å². The molecule has 3 heteroatoms. The van der Waals surface area contributed by atoms with E-state index in [0.29, 0.717) is 6.54 Å². The molecule has 3 nitrogen and oxygen atoms in total. The molecule has 1 saturated carbocycles. The van der Waals surface area contributed by atoms with Gasteiger partial charge in [0.05, 0.1) is 5.41 Å². The van der Waals surface area contributed by atoms with Crippen LogP contribution in [0.3, 0.4) is 0 Å². The smallest absolute Gasteiger partial charge is 0.310 e. The predicted octanol–water partition coefficient (Wildman–Crippen LogP) is 2.87. The molecule has 0 bridgehead atoms. The maximum absolute atomic E-state index is 11.1. The average Bonchev–Trinajstić information content (AvgIpc) is 3.12. The Morgan fingerprint density at radius 3 is 2.16 bits per heavy atom. The zero-order valence-electron chi connectivity index (χ0n) is 12.3. The molecular weight excluding hydrogens is 238 g/mol. The average molecular weight is 261 g/mol. The molecule has 1 aromatic rings. The molecule has 0 aromatic heterocycles. The van der Waals surface area contributed by atoms with Gasteiger partial charge in [-0.3, -0.25) is 4.79 Å². The van der Waals surface area contributed by atoms with Crippen LogP contribution in [0.25, 0.3) is 0 Å². The van der Waals surface area contributed by atoms with Crippen LogP contribution in [0.2, 0.25) is 0 Å². The number of carboxylic acids is 1. The number of aryl methyl sites for hydroxylation is 2. The number of rotatable bonds is 5. The van der Waals surface area contributed by atoms with E-state index in [4.69, 9.17) is 5.11 Å². The Labute approximate surface area is 115 Å². The van der Waals surface area contributed by atoms with Crippen LogP contribution in [0.5, 0.6) is 0 Å². The van der Waals surface area contributed by atoms with Crippen LogP contribution in [0.1, 0.15) is 40.7 Å². The second-order valence-electron chi connectivity index (χ2n) is 5.93. The van der Waals surface area contributed by atoms with Crippen molar-refractivity contribution in [2.24, 2.45) is 5.41 Å². The zero-order valence-corrected chi connectivity index (χ0v) is 12.3. The van der Waals surface area contributed by atoms with Crippen molar-refractivity contribution < 1.29 is 9.90 Å². The molecule has 0 radical (unpaired) electrons. The molecule has 2 rings (SSSR count). The van der Waals surface area contributed by atoms with Gasteiger partial charge < -0.3 is 10.4 Å². The molecule has 1 aromatic carbocycles. The summed E-state index contributed by atoms with van der Waals surface area (Å²) in [5, 5.41) is 12.5. The first-order chi connectivity index (χ1) is 8.87. The topological polar surface area (TPSA) is 49.3 Å². The van der Waals surface area contributed by atoms with E-state index in [2.05, 4.69) is 39.1 Å². The van der Waals surface area contributed by atoms with Crippen LogP contribution in [0.4, 0.5) is 0 Å². The van der Waals surface area contributed by atoms with Crippen molar-refractivity contribution >= 4 is 5.97 Å². The van der Waals surface area contributed by atoms with Crippen LogP contribution >= 0.6 is 0 Å². The van der Waals surface area contributed by atoms with Gasteiger partial charge in [0, 0.05) is 13.1 Å². The first kappa shape index (κ1) is 14.1. The fourth-order valence-corrected chi connectivity index (χ4v) is 2.61. The van der Waals surface area contributed by atoms with Crippen molar-refractivity contribution in [2.75, 3.05) is 6.54 Å². The Kier molecular flexibility index (Phi) is 3.68. The number of hydrogen-bond donors (Lipinski definition) is 2.